The highest BCUT2D eigenvalue weighted by molar-refractivity contribution is 7.91. The summed E-state index contributed by atoms with van der Waals surface area (Å²) in [6.07, 6.45) is 0.251. The van der Waals surface area contributed by atoms with E-state index >= 15 is 0 Å². The van der Waals surface area contributed by atoms with Crippen molar-refractivity contribution < 1.29 is 22.4 Å². The summed E-state index contributed by atoms with van der Waals surface area (Å²) < 4.78 is 28.2. The van der Waals surface area contributed by atoms with Gasteiger partial charge in [-0.2, -0.15) is 0 Å². The Morgan fingerprint density at radius 1 is 1.12 bits per heavy atom. The Labute approximate surface area is 149 Å². The normalized spacial score (nSPS) is 18.7. The highest BCUT2D eigenvalue weighted by Crippen LogP contribution is 2.28. The smallest absolute Gasteiger partial charge is 0.305 e. The van der Waals surface area contributed by atoms with Crippen LogP contribution in [0.25, 0.3) is 11.3 Å². The zero-order valence-corrected chi connectivity index (χ0v) is 14.6. The minimum absolute atomic E-state index is 0.00531. The number of rotatable bonds is 3. The van der Waals surface area contributed by atoms with Crippen molar-refractivity contribution in [1.29, 1.82) is 0 Å². The van der Waals surface area contributed by atoms with Gasteiger partial charge in [0.15, 0.2) is 15.6 Å². The number of amides is 2. The Kier molecular flexibility index (Phi) is 4.82. The number of hydrogen-bond acceptors (Lipinski definition) is 5. The number of hydrazine groups is 1. The molecule has 2 N–H and O–H groups in total. The molecular weight excluding hydrogens is 368 g/mol. The number of furan rings is 1. The predicted octanol–water partition coefficient (Wildman–Crippen LogP) is 1.80. The summed E-state index contributed by atoms with van der Waals surface area (Å²) in [6.45, 7) is 0. The van der Waals surface area contributed by atoms with Gasteiger partial charge < -0.3 is 4.42 Å². The van der Waals surface area contributed by atoms with Gasteiger partial charge in [0.05, 0.1) is 22.4 Å². The SMILES string of the molecule is O=C(NNC(=O)C1CCS(=O)(=O)C1)c1ccc(-c2ccccc2Cl)o1. The Balaban J connectivity index is 1.61. The molecule has 1 aromatic carbocycles. The molecule has 3 rings (SSSR count). The van der Waals surface area contributed by atoms with Crippen molar-refractivity contribution in [2.24, 2.45) is 5.92 Å². The molecule has 1 aromatic heterocycles. The van der Waals surface area contributed by atoms with Crippen LogP contribution in [0.2, 0.25) is 5.02 Å². The molecule has 1 unspecified atom stereocenters. The molecule has 2 aromatic rings. The number of nitrogens with one attached hydrogen (secondary N) is 2. The maximum Gasteiger partial charge on any atom is 0.305 e. The molecule has 0 bridgehead atoms. The van der Waals surface area contributed by atoms with Gasteiger partial charge in [-0.25, -0.2) is 8.42 Å². The molecule has 1 saturated heterocycles. The van der Waals surface area contributed by atoms with Crippen molar-refractivity contribution in [2.45, 2.75) is 6.42 Å². The minimum Gasteiger partial charge on any atom is -0.451 e. The second-order valence-corrected chi connectivity index (χ2v) is 8.32. The molecule has 1 atom stereocenters. The number of halogens is 1. The summed E-state index contributed by atoms with van der Waals surface area (Å²) in [5.41, 5.74) is 5.10. The zero-order valence-electron chi connectivity index (χ0n) is 13.0. The standard InChI is InChI=1S/C16H15ClN2O5S/c17-12-4-2-1-3-11(12)13-5-6-14(24-13)16(21)19-18-15(20)10-7-8-25(22,23)9-10/h1-6,10H,7-9H2,(H,18,20)(H,19,21). The van der Waals surface area contributed by atoms with Crippen LogP contribution < -0.4 is 10.9 Å². The van der Waals surface area contributed by atoms with Gasteiger partial charge in [-0.3, -0.25) is 20.4 Å². The van der Waals surface area contributed by atoms with E-state index in [1.54, 1.807) is 30.3 Å². The molecule has 0 aliphatic carbocycles. The Bertz CT molecular complexity index is 922. The average molecular weight is 383 g/mol. The summed E-state index contributed by atoms with van der Waals surface area (Å²) in [5.74, 6) is -1.64. The van der Waals surface area contributed by atoms with Gasteiger partial charge in [-0.1, -0.05) is 23.7 Å². The summed E-state index contributed by atoms with van der Waals surface area (Å²) in [4.78, 5) is 24.0. The maximum atomic E-state index is 12.1. The Morgan fingerprint density at radius 2 is 1.88 bits per heavy atom. The van der Waals surface area contributed by atoms with Crippen molar-refractivity contribution in [1.82, 2.24) is 10.9 Å². The summed E-state index contributed by atoms with van der Waals surface area (Å²) in [6, 6.07) is 10.1. The number of benzene rings is 1. The van der Waals surface area contributed by atoms with E-state index < -0.39 is 27.6 Å². The van der Waals surface area contributed by atoms with Crippen LogP contribution >= 0.6 is 11.6 Å². The van der Waals surface area contributed by atoms with Crippen LogP contribution in [0.5, 0.6) is 0 Å². The molecular formula is C16H15ClN2O5S. The summed E-state index contributed by atoms with van der Waals surface area (Å²) in [5, 5.41) is 0.486. The second kappa shape index (κ2) is 6.89. The number of carbonyl (C=O) groups excluding carboxylic acids is 2. The first-order valence-corrected chi connectivity index (χ1v) is 9.71. The molecule has 2 heterocycles. The van der Waals surface area contributed by atoms with E-state index in [-0.39, 0.29) is 23.7 Å². The molecule has 0 saturated carbocycles. The molecule has 0 spiro atoms. The lowest BCUT2D eigenvalue weighted by Crippen LogP contribution is -2.44. The van der Waals surface area contributed by atoms with Gasteiger partial charge in [0.25, 0.3) is 0 Å². The largest absolute Gasteiger partial charge is 0.451 e. The van der Waals surface area contributed by atoms with E-state index in [2.05, 4.69) is 10.9 Å². The molecule has 0 radical (unpaired) electrons. The van der Waals surface area contributed by atoms with Gasteiger partial charge in [0.1, 0.15) is 5.76 Å². The zero-order chi connectivity index (χ0) is 18.0. The third kappa shape index (κ3) is 4.02. The van der Waals surface area contributed by atoms with Crippen LogP contribution in [0.15, 0.2) is 40.8 Å². The lowest BCUT2D eigenvalue weighted by Gasteiger charge is -2.09. The lowest BCUT2D eigenvalue weighted by atomic mass is 10.1. The van der Waals surface area contributed by atoms with Crippen molar-refractivity contribution >= 4 is 33.3 Å². The summed E-state index contributed by atoms with van der Waals surface area (Å²) in [7, 11) is -3.17. The van der Waals surface area contributed by atoms with Gasteiger partial charge in [-0.15, -0.1) is 0 Å². The van der Waals surface area contributed by atoms with Crippen LogP contribution in [0.1, 0.15) is 17.0 Å². The highest BCUT2D eigenvalue weighted by Gasteiger charge is 2.33. The molecule has 9 heteroatoms. The first-order chi connectivity index (χ1) is 11.9. The van der Waals surface area contributed by atoms with Gasteiger partial charge in [0.2, 0.25) is 5.91 Å². The van der Waals surface area contributed by atoms with Crippen LogP contribution in [-0.4, -0.2) is 31.7 Å². The van der Waals surface area contributed by atoms with E-state index in [1.165, 1.54) is 6.07 Å². The molecule has 25 heavy (non-hydrogen) atoms. The fourth-order valence-corrected chi connectivity index (χ4v) is 4.52. The highest BCUT2D eigenvalue weighted by atomic mass is 35.5. The quantitative estimate of drug-likeness (QED) is 0.787. The van der Waals surface area contributed by atoms with Crippen molar-refractivity contribution in [2.75, 3.05) is 11.5 Å². The van der Waals surface area contributed by atoms with E-state index in [0.29, 0.717) is 16.3 Å². The van der Waals surface area contributed by atoms with Crippen molar-refractivity contribution in [3.63, 3.8) is 0 Å². The Morgan fingerprint density at radius 3 is 2.56 bits per heavy atom. The fourth-order valence-electron chi connectivity index (χ4n) is 2.55. The van der Waals surface area contributed by atoms with E-state index in [1.807, 2.05) is 0 Å². The maximum absolute atomic E-state index is 12.1. The summed E-state index contributed by atoms with van der Waals surface area (Å²) >= 11 is 6.08. The molecule has 1 aliphatic rings. The minimum atomic E-state index is -3.17. The molecule has 1 aliphatic heterocycles. The van der Waals surface area contributed by atoms with Crippen molar-refractivity contribution in [3.05, 3.63) is 47.2 Å². The average Bonchev–Trinajstić information content (AvgIpc) is 3.19. The monoisotopic (exact) mass is 382 g/mol. The van der Waals surface area contributed by atoms with E-state index in [0.717, 1.165) is 0 Å². The molecule has 132 valence electrons. The third-order valence-corrected chi connectivity index (χ3v) is 5.97. The lowest BCUT2D eigenvalue weighted by molar-refractivity contribution is -0.125. The molecule has 2 amide bonds. The third-order valence-electron chi connectivity index (χ3n) is 3.87. The van der Waals surface area contributed by atoms with Gasteiger partial charge in [0, 0.05) is 5.56 Å². The van der Waals surface area contributed by atoms with Crippen LogP contribution in [0, 0.1) is 5.92 Å². The van der Waals surface area contributed by atoms with E-state index in [4.69, 9.17) is 16.0 Å². The van der Waals surface area contributed by atoms with Gasteiger partial charge in [-0.05, 0) is 30.7 Å². The van der Waals surface area contributed by atoms with Gasteiger partial charge >= 0.3 is 5.91 Å². The Hall–Kier alpha value is -2.32. The van der Waals surface area contributed by atoms with Crippen molar-refractivity contribution in [3.8, 4) is 11.3 Å². The van der Waals surface area contributed by atoms with Crippen LogP contribution in [0.4, 0.5) is 0 Å². The number of hydrogen-bond donors (Lipinski definition) is 2. The fraction of sp³-hybridized carbons (Fsp3) is 0.250. The predicted molar refractivity (Wildman–Crippen MR) is 91.5 cm³/mol. The molecule has 7 nitrogen and oxygen atoms in total. The number of carbonyl (C=O) groups is 2. The van der Waals surface area contributed by atoms with Crippen LogP contribution in [0.3, 0.4) is 0 Å². The first kappa shape index (κ1) is 17.5. The number of sulfone groups is 1. The molecule has 1 fully saturated rings. The first-order valence-electron chi connectivity index (χ1n) is 7.51. The van der Waals surface area contributed by atoms with Crippen LogP contribution in [-0.2, 0) is 14.6 Å². The topological polar surface area (TPSA) is 105 Å². The van der Waals surface area contributed by atoms with E-state index in [9.17, 15) is 18.0 Å². The second-order valence-electron chi connectivity index (χ2n) is 5.69.